The number of halogens is 1. The van der Waals surface area contributed by atoms with Gasteiger partial charge in [-0.05, 0) is 5.56 Å². The molecule has 1 rings (SSSR count). The predicted molar refractivity (Wildman–Crippen MR) is 64.0 cm³/mol. The van der Waals surface area contributed by atoms with E-state index in [1.54, 1.807) is 0 Å². The van der Waals surface area contributed by atoms with E-state index in [4.69, 9.17) is 21.6 Å². The Balaban J connectivity index is 2.14. The molecule has 16 heavy (non-hydrogen) atoms. The van der Waals surface area contributed by atoms with Crippen molar-refractivity contribution in [2.45, 2.75) is 19.1 Å². The van der Waals surface area contributed by atoms with Crippen LogP contribution in [0.25, 0.3) is 0 Å². The lowest BCUT2D eigenvalue weighted by molar-refractivity contribution is 0.0974. The molecule has 1 unspecified atom stereocenters. The smallest absolute Gasteiger partial charge is 0.0972 e. The normalized spacial score (nSPS) is 12.0. The molecule has 0 spiro atoms. The maximum Gasteiger partial charge on any atom is 0.0972 e. The van der Waals surface area contributed by atoms with E-state index < -0.39 is 0 Å². The van der Waals surface area contributed by atoms with Gasteiger partial charge in [0.05, 0.1) is 25.8 Å². The van der Waals surface area contributed by atoms with E-state index in [1.165, 1.54) is 0 Å². The fraction of sp³-hybridized carbons (Fsp3) is 0.417. The molecule has 0 saturated carbocycles. The number of rotatable bonds is 7. The number of nitriles is 1. The molecule has 0 saturated heterocycles. The molecular formula is C12H15ClN2O. The number of hydrogen-bond acceptors (Lipinski definition) is 3. The van der Waals surface area contributed by atoms with Gasteiger partial charge in [-0.25, -0.2) is 0 Å². The van der Waals surface area contributed by atoms with Gasteiger partial charge >= 0.3 is 0 Å². The number of ether oxygens (including phenoxy) is 1. The van der Waals surface area contributed by atoms with E-state index in [1.807, 2.05) is 30.3 Å². The molecule has 0 aliphatic rings. The van der Waals surface area contributed by atoms with E-state index in [-0.39, 0.29) is 6.04 Å². The van der Waals surface area contributed by atoms with E-state index in [2.05, 4.69) is 11.4 Å². The fourth-order valence-electron chi connectivity index (χ4n) is 1.21. The highest BCUT2D eigenvalue weighted by Crippen LogP contribution is 2.00. The Morgan fingerprint density at radius 1 is 1.38 bits per heavy atom. The molecule has 1 aromatic rings. The molecule has 0 aliphatic heterocycles. The van der Waals surface area contributed by atoms with Gasteiger partial charge in [0.15, 0.2) is 0 Å². The zero-order valence-corrected chi connectivity index (χ0v) is 9.78. The summed E-state index contributed by atoms with van der Waals surface area (Å²) in [6.45, 7) is 0.976. The van der Waals surface area contributed by atoms with Crippen molar-refractivity contribution in [1.29, 1.82) is 5.26 Å². The van der Waals surface area contributed by atoms with Gasteiger partial charge in [0, 0.05) is 11.9 Å². The predicted octanol–water partition coefficient (Wildman–Crippen LogP) is 2.27. The molecule has 1 atom stereocenters. The minimum atomic E-state index is 0.00226. The minimum Gasteiger partial charge on any atom is -0.362 e. The Labute approximate surface area is 101 Å². The molecule has 3 nitrogen and oxygen atoms in total. The van der Waals surface area contributed by atoms with Crippen molar-refractivity contribution in [2.24, 2.45) is 0 Å². The van der Waals surface area contributed by atoms with Gasteiger partial charge < -0.3 is 4.74 Å². The van der Waals surface area contributed by atoms with Crippen LogP contribution in [-0.2, 0) is 11.3 Å². The lowest BCUT2D eigenvalue weighted by Crippen LogP contribution is -2.32. The summed E-state index contributed by atoms with van der Waals surface area (Å²) in [6, 6.07) is 12.0. The Hall–Kier alpha value is -1.08. The van der Waals surface area contributed by atoms with Crippen molar-refractivity contribution in [2.75, 3.05) is 12.6 Å². The first-order valence-electron chi connectivity index (χ1n) is 5.14. The van der Waals surface area contributed by atoms with Crippen LogP contribution in [0, 0.1) is 11.3 Å². The summed E-state index contributed by atoms with van der Waals surface area (Å²) in [6.07, 6.45) is 0.401. The number of benzene rings is 1. The topological polar surface area (TPSA) is 45.0 Å². The lowest BCUT2D eigenvalue weighted by atomic mass is 10.2. The molecule has 86 valence electrons. The first kappa shape index (κ1) is 13.0. The standard InChI is InChI=1S/C12H15ClN2O/c13-8-12(6-7-14)15-10-16-9-11-4-2-1-3-5-11/h1-5,12,15H,6,8-10H2. The van der Waals surface area contributed by atoms with Crippen LogP contribution >= 0.6 is 11.6 Å². The van der Waals surface area contributed by atoms with Gasteiger partial charge in [-0.2, -0.15) is 5.26 Å². The van der Waals surface area contributed by atoms with E-state index >= 15 is 0 Å². The summed E-state index contributed by atoms with van der Waals surface area (Å²) in [7, 11) is 0. The monoisotopic (exact) mass is 238 g/mol. The summed E-state index contributed by atoms with van der Waals surface area (Å²) in [5, 5.41) is 11.6. The van der Waals surface area contributed by atoms with Crippen LogP contribution in [0.15, 0.2) is 30.3 Å². The van der Waals surface area contributed by atoms with Crippen LogP contribution in [0.2, 0.25) is 0 Å². The molecule has 0 aromatic heterocycles. The molecule has 0 aliphatic carbocycles. The zero-order valence-electron chi connectivity index (χ0n) is 9.03. The van der Waals surface area contributed by atoms with E-state index in [0.29, 0.717) is 25.6 Å². The second-order valence-corrected chi connectivity index (χ2v) is 3.70. The van der Waals surface area contributed by atoms with Gasteiger partial charge in [0.1, 0.15) is 0 Å². The molecule has 4 heteroatoms. The third kappa shape index (κ3) is 5.13. The maximum atomic E-state index is 8.51. The minimum absolute atomic E-state index is 0.00226. The van der Waals surface area contributed by atoms with Crippen molar-refractivity contribution < 1.29 is 4.74 Å². The summed E-state index contributed by atoms with van der Waals surface area (Å²) in [4.78, 5) is 0. The summed E-state index contributed by atoms with van der Waals surface area (Å²) < 4.78 is 5.42. The number of nitrogens with zero attached hydrogens (tertiary/aromatic N) is 1. The molecule has 0 amide bonds. The molecule has 1 N–H and O–H groups in total. The van der Waals surface area contributed by atoms with Crippen molar-refractivity contribution in [3.8, 4) is 6.07 Å². The highest BCUT2D eigenvalue weighted by atomic mass is 35.5. The van der Waals surface area contributed by atoms with Gasteiger partial charge in [0.2, 0.25) is 0 Å². The largest absolute Gasteiger partial charge is 0.362 e. The van der Waals surface area contributed by atoms with Crippen molar-refractivity contribution in [3.05, 3.63) is 35.9 Å². The van der Waals surface area contributed by atoms with Crippen molar-refractivity contribution >= 4 is 11.6 Å². The van der Waals surface area contributed by atoms with Crippen LogP contribution in [0.4, 0.5) is 0 Å². The molecule has 0 fully saturated rings. The van der Waals surface area contributed by atoms with Crippen LogP contribution in [0.5, 0.6) is 0 Å². The van der Waals surface area contributed by atoms with Gasteiger partial charge in [0.25, 0.3) is 0 Å². The van der Waals surface area contributed by atoms with Gasteiger partial charge in [-0.3, -0.25) is 5.32 Å². The molecule has 1 aromatic carbocycles. The summed E-state index contributed by atoms with van der Waals surface area (Å²) >= 11 is 5.67. The highest BCUT2D eigenvalue weighted by molar-refractivity contribution is 6.18. The second kappa shape index (κ2) is 8.12. The Morgan fingerprint density at radius 2 is 2.12 bits per heavy atom. The van der Waals surface area contributed by atoms with Crippen molar-refractivity contribution in [3.63, 3.8) is 0 Å². The zero-order chi connectivity index (χ0) is 11.6. The summed E-state index contributed by atoms with van der Waals surface area (Å²) in [5.41, 5.74) is 1.13. The quantitative estimate of drug-likeness (QED) is 0.450. The molecule has 0 radical (unpaired) electrons. The Morgan fingerprint density at radius 3 is 2.75 bits per heavy atom. The molecule has 0 heterocycles. The maximum absolute atomic E-state index is 8.51. The van der Waals surface area contributed by atoms with Gasteiger partial charge in [-0.15, -0.1) is 11.6 Å². The van der Waals surface area contributed by atoms with Crippen LogP contribution in [0.1, 0.15) is 12.0 Å². The van der Waals surface area contributed by atoms with Crippen molar-refractivity contribution in [1.82, 2.24) is 5.32 Å². The first-order chi connectivity index (χ1) is 7.86. The third-order valence-electron chi connectivity index (χ3n) is 2.11. The van der Waals surface area contributed by atoms with Crippen LogP contribution in [0.3, 0.4) is 0 Å². The Bertz CT molecular complexity index is 324. The highest BCUT2D eigenvalue weighted by Gasteiger charge is 2.04. The fourth-order valence-corrected chi connectivity index (χ4v) is 1.43. The lowest BCUT2D eigenvalue weighted by Gasteiger charge is -2.12. The first-order valence-corrected chi connectivity index (χ1v) is 5.68. The van der Waals surface area contributed by atoms with Crippen LogP contribution in [-0.4, -0.2) is 18.7 Å². The second-order valence-electron chi connectivity index (χ2n) is 3.40. The SMILES string of the molecule is N#CCC(CCl)NCOCc1ccccc1. The average molecular weight is 239 g/mol. The third-order valence-corrected chi connectivity index (χ3v) is 2.48. The molecule has 0 bridgehead atoms. The van der Waals surface area contributed by atoms with Crippen LogP contribution < -0.4 is 5.32 Å². The summed E-state index contributed by atoms with van der Waals surface area (Å²) in [5.74, 6) is 0.419. The Kier molecular flexibility index (Phi) is 6.59. The van der Waals surface area contributed by atoms with Gasteiger partial charge in [-0.1, -0.05) is 30.3 Å². The number of nitrogens with one attached hydrogen (secondary N) is 1. The van der Waals surface area contributed by atoms with E-state index in [0.717, 1.165) is 5.56 Å². The average Bonchev–Trinajstić information content (AvgIpc) is 2.34. The number of alkyl halides is 1. The number of hydrogen-bond donors (Lipinski definition) is 1. The van der Waals surface area contributed by atoms with E-state index in [9.17, 15) is 0 Å². The molecular weight excluding hydrogens is 224 g/mol.